The Balaban J connectivity index is 1.63. The Bertz CT molecular complexity index is 1010. The summed E-state index contributed by atoms with van der Waals surface area (Å²) in [5.74, 6) is -1.12. The fourth-order valence-corrected chi connectivity index (χ4v) is 4.77. The molecule has 9 heteroatoms. The van der Waals surface area contributed by atoms with Gasteiger partial charge in [-0.1, -0.05) is 0 Å². The number of fused-ring (bicyclic) bond motifs is 1. The average Bonchev–Trinajstić information content (AvgIpc) is 2.95. The van der Waals surface area contributed by atoms with Crippen molar-refractivity contribution in [2.24, 2.45) is 0 Å². The number of rotatable bonds is 5. The highest BCUT2D eigenvalue weighted by Gasteiger charge is 2.35. The maximum absolute atomic E-state index is 13.6. The quantitative estimate of drug-likeness (QED) is 0.576. The van der Waals surface area contributed by atoms with Gasteiger partial charge in [0.1, 0.15) is 17.5 Å². The Hall–Kier alpha value is -2.41. The number of nitriles is 1. The number of anilines is 1. The Morgan fingerprint density at radius 1 is 1.41 bits per heavy atom. The monoisotopic (exact) mass is 415 g/mol. The summed E-state index contributed by atoms with van der Waals surface area (Å²) in [6.45, 7) is 6.15. The maximum Gasteiger partial charge on any atom is 0.272 e. The molecule has 152 valence electrons. The van der Waals surface area contributed by atoms with E-state index < -0.39 is 5.95 Å². The van der Waals surface area contributed by atoms with Gasteiger partial charge in [-0.15, -0.1) is 0 Å². The minimum atomic E-state index is -0.801. The molecule has 2 aromatic heterocycles. The maximum atomic E-state index is 13.6. The predicted molar refractivity (Wildman–Crippen MR) is 107 cm³/mol. The number of halogens is 1. The zero-order valence-corrected chi connectivity index (χ0v) is 17.2. The second kappa shape index (κ2) is 7.78. The summed E-state index contributed by atoms with van der Waals surface area (Å²) in [5.41, 5.74) is 2.71. The number of ether oxygens (including phenoxy) is 1. The van der Waals surface area contributed by atoms with Crippen LogP contribution in [0.4, 0.5) is 10.1 Å². The van der Waals surface area contributed by atoms with Gasteiger partial charge in [0.05, 0.1) is 18.8 Å². The third kappa shape index (κ3) is 3.88. The Morgan fingerprint density at radius 3 is 2.90 bits per heavy atom. The van der Waals surface area contributed by atoms with E-state index in [9.17, 15) is 9.18 Å². The highest BCUT2D eigenvalue weighted by atomic mass is 32.2. The van der Waals surface area contributed by atoms with Crippen molar-refractivity contribution in [3.63, 3.8) is 0 Å². The fourth-order valence-electron chi connectivity index (χ4n) is 3.73. The number of hydrogen-bond acceptors (Lipinski definition) is 6. The summed E-state index contributed by atoms with van der Waals surface area (Å²) >= 11 is 1.55. The largest absolute Gasteiger partial charge is 0.377 e. The van der Waals surface area contributed by atoms with E-state index in [4.69, 9.17) is 10.00 Å². The van der Waals surface area contributed by atoms with E-state index in [-0.39, 0.29) is 22.8 Å². The van der Waals surface area contributed by atoms with Crippen LogP contribution in [0.15, 0.2) is 17.0 Å². The number of hydrogen-bond donors (Lipinski definition) is 2. The third-order valence-corrected chi connectivity index (χ3v) is 6.56. The molecule has 2 N–H and O–H groups in total. The number of carbonyl (C=O) groups is 1. The van der Waals surface area contributed by atoms with Gasteiger partial charge in [-0.2, -0.15) is 9.65 Å². The minimum absolute atomic E-state index is 0.0642. The lowest BCUT2D eigenvalue weighted by Crippen LogP contribution is -2.55. The molecule has 0 spiro atoms. The fraction of sp³-hybridized carbons (Fsp3) is 0.450. The molecule has 7 nitrogen and oxygen atoms in total. The summed E-state index contributed by atoms with van der Waals surface area (Å²) in [7, 11) is 0. The normalized spacial score (nSPS) is 17.2. The van der Waals surface area contributed by atoms with Gasteiger partial charge in [-0.3, -0.25) is 4.79 Å². The molecule has 0 aliphatic carbocycles. The number of pyridine rings is 1. The van der Waals surface area contributed by atoms with Crippen LogP contribution in [0.5, 0.6) is 0 Å². The van der Waals surface area contributed by atoms with Crippen LogP contribution < -0.4 is 10.0 Å². The molecule has 1 fully saturated rings. The van der Waals surface area contributed by atoms with Crippen LogP contribution in [-0.2, 0) is 17.7 Å². The van der Waals surface area contributed by atoms with E-state index in [2.05, 4.69) is 26.5 Å². The Morgan fingerprint density at radius 2 is 2.21 bits per heavy atom. The SMILES string of the molecule is Cc1c(SNC2(C)COC2)c2n(c1C(=O)Nc1cc(F)nc(C#N)c1)CCCC2. The van der Waals surface area contributed by atoms with Crippen molar-refractivity contribution in [1.82, 2.24) is 14.3 Å². The molecule has 1 saturated heterocycles. The van der Waals surface area contributed by atoms with Crippen LogP contribution in [0.1, 0.15) is 47.2 Å². The van der Waals surface area contributed by atoms with Gasteiger partial charge in [0.25, 0.3) is 5.91 Å². The van der Waals surface area contributed by atoms with Gasteiger partial charge in [-0.25, -0.2) is 9.71 Å². The lowest BCUT2D eigenvalue weighted by molar-refractivity contribution is -0.0510. The molecule has 2 aromatic rings. The number of aromatic nitrogens is 2. The molecular weight excluding hydrogens is 393 g/mol. The van der Waals surface area contributed by atoms with E-state index in [0.717, 1.165) is 48.0 Å². The minimum Gasteiger partial charge on any atom is -0.377 e. The molecular formula is C20H22FN5O2S. The van der Waals surface area contributed by atoms with Crippen molar-refractivity contribution < 1.29 is 13.9 Å². The van der Waals surface area contributed by atoms with Gasteiger partial charge in [0, 0.05) is 28.9 Å². The molecule has 2 aliphatic rings. The van der Waals surface area contributed by atoms with Crippen LogP contribution in [0, 0.1) is 24.2 Å². The van der Waals surface area contributed by atoms with Crippen molar-refractivity contribution >= 4 is 23.5 Å². The topological polar surface area (TPSA) is 92.0 Å². The molecule has 0 unspecified atom stereocenters. The van der Waals surface area contributed by atoms with Crippen molar-refractivity contribution in [3.05, 3.63) is 40.7 Å². The predicted octanol–water partition coefficient (Wildman–Crippen LogP) is 3.18. The number of nitrogens with one attached hydrogen (secondary N) is 2. The van der Waals surface area contributed by atoms with E-state index in [1.54, 1.807) is 18.0 Å². The first-order valence-corrected chi connectivity index (χ1v) is 10.3. The van der Waals surface area contributed by atoms with Crippen molar-refractivity contribution in [1.29, 1.82) is 5.26 Å². The summed E-state index contributed by atoms with van der Waals surface area (Å²) in [6.07, 6.45) is 3.00. The van der Waals surface area contributed by atoms with Gasteiger partial charge in [-0.05, 0) is 56.7 Å². The van der Waals surface area contributed by atoms with Gasteiger partial charge in [0.2, 0.25) is 5.95 Å². The summed E-state index contributed by atoms with van der Waals surface area (Å²) in [4.78, 5) is 17.6. The molecule has 0 atom stereocenters. The van der Waals surface area contributed by atoms with Gasteiger partial charge in [0.15, 0.2) is 0 Å². The van der Waals surface area contributed by atoms with Crippen LogP contribution in [0.2, 0.25) is 0 Å². The van der Waals surface area contributed by atoms with Crippen molar-refractivity contribution in [2.75, 3.05) is 18.5 Å². The molecule has 4 rings (SSSR count). The van der Waals surface area contributed by atoms with Crippen LogP contribution >= 0.6 is 11.9 Å². The average molecular weight is 415 g/mol. The van der Waals surface area contributed by atoms with Gasteiger partial charge < -0.3 is 14.6 Å². The molecule has 0 bridgehead atoms. The first kappa shape index (κ1) is 19.9. The first-order valence-electron chi connectivity index (χ1n) is 9.53. The zero-order valence-electron chi connectivity index (χ0n) is 16.3. The lowest BCUT2D eigenvalue weighted by atomic mass is 10.0. The standard InChI is InChI=1S/C20H22FN5O2S/c1-12-17(19(27)24-13-7-14(9-22)23-16(21)8-13)26-6-4-3-5-15(26)18(12)29-25-20(2)10-28-11-20/h7-8,25H,3-6,10-11H2,1-2H3,(H,23,24,27). The molecule has 0 radical (unpaired) electrons. The molecule has 29 heavy (non-hydrogen) atoms. The first-order chi connectivity index (χ1) is 13.9. The van der Waals surface area contributed by atoms with E-state index in [1.165, 1.54) is 6.07 Å². The second-order valence-corrected chi connectivity index (χ2v) is 8.56. The summed E-state index contributed by atoms with van der Waals surface area (Å²) in [5, 5.41) is 11.7. The molecule has 1 amide bonds. The van der Waals surface area contributed by atoms with Crippen LogP contribution in [-0.4, -0.2) is 34.2 Å². The number of amides is 1. The van der Waals surface area contributed by atoms with Crippen molar-refractivity contribution in [2.45, 2.75) is 50.1 Å². The van der Waals surface area contributed by atoms with Crippen LogP contribution in [0.3, 0.4) is 0 Å². The van der Waals surface area contributed by atoms with Crippen LogP contribution in [0.25, 0.3) is 0 Å². The van der Waals surface area contributed by atoms with E-state index >= 15 is 0 Å². The van der Waals surface area contributed by atoms with E-state index in [1.807, 2.05) is 6.92 Å². The zero-order chi connectivity index (χ0) is 20.6. The van der Waals surface area contributed by atoms with Crippen molar-refractivity contribution in [3.8, 4) is 6.07 Å². The molecule has 0 aromatic carbocycles. The Labute approximate surface area is 172 Å². The second-order valence-electron chi connectivity index (χ2n) is 7.75. The van der Waals surface area contributed by atoms with E-state index in [0.29, 0.717) is 18.9 Å². The lowest BCUT2D eigenvalue weighted by Gasteiger charge is -2.38. The molecule has 4 heterocycles. The number of nitrogens with zero attached hydrogens (tertiary/aromatic N) is 3. The number of carbonyl (C=O) groups excluding carboxylic acids is 1. The van der Waals surface area contributed by atoms with Gasteiger partial charge >= 0.3 is 0 Å². The third-order valence-electron chi connectivity index (χ3n) is 5.22. The summed E-state index contributed by atoms with van der Waals surface area (Å²) in [6, 6.07) is 4.28. The highest BCUT2D eigenvalue weighted by molar-refractivity contribution is 7.97. The summed E-state index contributed by atoms with van der Waals surface area (Å²) < 4.78 is 24.5. The smallest absolute Gasteiger partial charge is 0.272 e. The Kier molecular flexibility index (Phi) is 5.34. The highest BCUT2D eigenvalue weighted by Crippen LogP contribution is 2.36. The molecule has 0 saturated carbocycles. The molecule has 2 aliphatic heterocycles.